The summed E-state index contributed by atoms with van der Waals surface area (Å²) in [4.78, 5) is 21.7. The van der Waals surface area contributed by atoms with E-state index >= 15 is 0 Å². The second-order valence-electron chi connectivity index (χ2n) is 4.42. The van der Waals surface area contributed by atoms with Crippen LogP contribution in [0.2, 0.25) is 0 Å². The molecule has 1 atom stereocenters. The minimum Gasteiger partial charge on any atom is -0.364 e. The summed E-state index contributed by atoms with van der Waals surface area (Å²) in [6.45, 7) is 4.70. The lowest BCUT2D eigenvalue weighted by Crippen LogP contribution is -2.39. The molecule has 18 heavy (non-hydrogen) atoms. The Labute approximate surface area is 107 Å². The number of nitrogens with one attached hydrogen (secondary N) is 1. The first-order valence-electron chi connectivity index (χ1n) is 6.31. The van der Waals surface area contributed by atoms with Gasteiger partial charge in [0.2, 0.25) is 0 Å². The number of nitrogens with zero attached hydrogens (tertiary/aromatic N) is 3. The highest BCUT2D eigenvalue weighted by Crippen LogP contribution is 2.16. The van der Waals surface area contributed by atoms with E-state index in [1.807, 2.05) is 6.92 Å². The Bertz CT molecular complexity index is 417. The average molecular weight is 249 g/mol. The monoisotopic (exact) mass is 249 g/mol. The Morgan fingerprint density at radius 3 is 2.94 bits per heavy atom. The van der Waals surface area contributed by atoms with E-state index in [1.54, 1.807) is 6.20 Å². The molecule has 0 aromatic carbocycles. The normalized spacial score (nSPS) is 18.8. The number of primary amides is 1. The van der Waals surface area contributed by atoms with Crippen LogP contribution in [0.15, 0.2) is 12.4 Å². The predicted molar refractivity (Wildman–Crippen MR) is 69.5 cm³/mol. The van der Waals surface area contributed by atoms with Gasteiger partial charge in [0.1, 0.15) is 0 Å². The van der Waals surface area contributed by atoms with Gasteiger partial charge in [0.05, 0.1) is 0 Å². The van der Waals surface area contributed by atoms with Gasteiger partial charge in [0.25, 0.3) is 5.91 Å². The molecule has 0 radical (unpaired) electrons. The van der Waals surface area contributed by atoms with Crippen molar-refractivity contribution in [3.8, 4) is 0 Å². The quantitative estimate of drug-likeness (QED) is 0.776. The molecule has 1 saturated heterocycles. The van der Waals surface area contributed by atoms with Gasteiger partial charge in [-0.1, -0.05) is 0 Å². The van der Waals surface area contributed by atoms with Gasteiger partial charge in [-0.3, -0.25) is 4.79 Å². The van der Waals surface area contributed by atoms with Crippen LogP contribution in [0.25, 0.3) is 0 Å². The van der Waals surface area contributed by atoms with Gasteiger partial charge < -0.3 is 16.0 Å². The maximum Gasteiger partial charge on any atom is 0.271 e. The smallest absolute Gasteiger partial charge is 0.271 e. The van der Waals surface area contributed by atoms with Crippen molar-refractivity contribution in [2.24, 2.45) is 5.73 Å². The minimum absolute atomic E-state index is 0.248. The molecule has 0 bridgehead atoms. The lowest BCUT2D eigenvalue weighted by molar-refractivity contribution is 0.0995. The lowest BCUT2D eigenvalue weighted by atomic mass is 10.2. The first kappa shape index (κ1) is 12.8. The number of nitrogens with two attached hydrogens (primary N) is 1. The Morgan fingerprint density at radius 2 is 2.33 bits per heavy atom. The van der Waals surface area contributed by atoms with E-state index in [2.05, 4.69) is 20.2 Å². The van der Waals surface area contributed by atoms with E-state index < -0.39 is 5.91 Å². The van der Waals surface area contributed by atoms with Crippen LogP contribution < -0.4 is 16.0 Å². The number of hydrogen-bond acceptors (Lipinski definition) is 5. The van der Waals surface area contributed by atoms with Crippen LogP contribution in [0.4, 0.5) is 5.82 Å². The zero-order chi connectivity index (χ0) is 13.0. The molecule has 3 N–H and O–H groups in total. The van der Waals surface area contributed by atoms with E-state index in [0.29, 0.717) is 11.9 Å². The first-order valence-corrected chi connectivity index (χ1v) is 6.31. The number of hydrogen-bond donors (Lipinski definition) is 2. The molecule has 6 heteroatoms. The number of carbonyl (C=O) groups is 1. The zero-order valence-corrected chi connectivity index (χ0v) is 10.6. The maximum atomic E-state index is 11.4. The fraction of sp³-hybridized carbons (Fsp3) is 0.583. The van der Waals surface area contributed by atoms with Gasteiger partial charge in [-0.25, -0.2) is 9.97 Å². The van der Waals surface area contributed by atoms with Crippen LogP contribution >= 0.6 is 0 Å². The highest BCUT2D eigenvalue weighted by molar-refractivity contribution is 5.95. The van der Waals surface area contributed by atoms with Gasteiger partial charge in [0.15, 0.2) is 11.5 Å². The summed E-state index contributed by atoms with van der Waals surface area (Å²) in [7, 11) is 0. The van der Waals surface area contributed by atoms with E-state index in [9.17, 15) is 4.79 Å². The predicted octanol–water partition coefficient (Wildman–Crippen LogP) is 0.154. The largest absolute Gasteiger partial charge is 0.364 e. The number of amides is 1. The molecule has 1 fully saturated rings. The van der Waals surface area contributed by atoms with Crippen molar-refractivity contribution < 1.29 is 4.79 Å². The lowest BCUT2D eigenvalue weighted by Gasteiger charge is -2.26. The number of carbonyl (C=O) groups excluding carboxylic acids is 1. The highest BCUT2D eigenvalue weighted by Gasteiger charge is 2.21. The number of rotatable bonds is 5. The molecule has 1 unspecified atom stereocenters. The summed E-state index contributed by atoms with van der Waals surface area (Å²) < 4.78 is 0. The standard InChI is InChI=1S/C12H19N5O/c1-2-17(8-9-4-3-5-14-9)12-10(11(13)18)15-6-7-16-12/h6-7,9,14H,2-5,8H2,1H3,(H2,13,18). The topological polar surface area (TPSA) is 84.1 Å². The molecule has 1 aromatic heterocycles. The van der Waals surface area contributed by atoms with E-state index in [0.717, 1.165) is 26.1 Å². The van der Waals surface area contributed by atoms with Crippen molar-refractivity contribution >= 4 is 11.7 Å². The summed E-state index contributed by atoms with van der Waals surface area (Å²) in [5.41, 5.74) is 5.58. The van der Waals surface area contributed by atoms with Gasteiger partial charge in [-0.05, 0) is 26.3 Å². The van der Waals surface area contributed by atoms with Crippen LogP contribution in [-0.4, -0.2) is 41.6 Å². The molecule has 0 aliphatic carbocycles. The molecule has 2 rings (SSSR count). The molecule has 2 heterocycles. The Balaban J connectivity index is 2.18. The van der Waals surface area contributed by atoms with Crippen molar-refractivity contribution in [3.63, 3.8) is 0 Å². The molecular weight excluding hydrogens is 230 g/mol. The summed E-state index contributed by atoms with van der Waals surface area (Å²) >= 11 is 0. The molecular formula is C12H19N5O. The molecule has 1 aliphatic rings. The molecule has 1 amide bonds. The van der Waals surface area contributed by atoms with Gasteiger partial charge in [-0.2, -0.15) is 0 Å². The SMILES string of the molecule is CCN(CC1CCCN1)c1nccnc1C(N)=O. The molecule has 0 spiro atoms. The highest BCUT2D eigenvalue weighted by atomic mass is 16.1. The van der Waals surface area contributed by atoms with Crippen molar-refractivity contribution in [1.82, 2.24) is 15.3 Å². The fourth-order valence-electron chi connectivity index (χ4n) is 2.28. The van der Waals surface area contributed by atoms with Crippen molar-refractivity contribution in [1.29, 1.82) is 0 Å². The molecule has 1 aromatic rings. The van der Waals surface area contributed by atoms with E-state index in [-0.39, 0.29) is 5.69 Å². The third-order valence-electron chi connectivity index (χ3n) is 3.20. The molecule has 1 aliphatic heterocycles. The third kappa shape index (κ3) is 2.76. The van der Waals surface area contributed by atoms with E-state index in [1.165, 1.54) is 12.6 Å². The van der Waals surface area contributed by atoms with Crippen LogP contribution in [0.5, 0.6) is 0 Å². The number of likely N-dealkylation sites (N-methyl/N-ethyl adjacent to an activating group) is 1. The number of anilines is 1. The molecule has 0 saturated carbocycles. The van der Waals surface area contributed by atoms with E-state index in [4.69, 9.17) is 5.73 Å². The van der Waals surface area contributed by atoms with Gasteiger partial charge in [-0.15, -0.1) is 0 Å². The minimum atomic E-state index is -0.532. The summed E-state index contributed by atoms with van der Waals surface area (Å²) in [6.07, 6.45) is 5.44. The van der Waals surface area contributed by atoms with Crippen molar-refractivity contribution in [3.05, 3.63) is 18.1 Å². The van der Waals surface area contributed by atoms with Crippen molar-refractivity contribution in [2.45, 2.75) is 25.8 Å². The first-order chi connectivity index (χ1) is 8.72. The van der Waals surface area contributed by atoms with Gasteiger partial charge >= 0.3 is 0 Å². The second kappa shape index (κ2) is 5.77. The number of aromatic nitrogens is 2. The van der Waals surface area contributed by atoms with Crippen LogP contribution in [0, 0.1) is 0 Å². The Morgan fingerprint density at radius 1 is 1.56 bits per heavy atom. The fourth-order valence-corrected chi connectivity index (χ4v) is 2.28. The third-order valence-corrected chi connectivity index (χ3v) is 3.20. The van der Waals surface area contributed by atoms with Crippen LogP contribution in [0.3, 0.4) is 0 Å². The average Bonchev–Trinajstić information content (AvgIpc) is 2.88. The second-order valence-corrected chi connectivity index (χ2v) is 4.42. The Hall–Kier alpha value is -1.69. The van der Waals surface area contributed by atoms with Crippen LogP contribution in [-0.2, 0) is 0 Å². The Kier molecular flexibility index (Phi) is 4.09. The van der Waals surface area contributed by atoms with Gasteiger partial charge in [0, 0.05) is 31.5 Å². The van der Waals surface area contributed by atoms with Crippen LogP contribution in [0.1, 0.15) is 30.3 Å². The summed E-state index contributed by atoms with van der Waals surface area (Å²) in [6, 6.07) is 0.452. The molecule has 98 valence electrons. The molecule has 6 nitrogen and oxygen atoms in total. The summed E-state index contributed by atoms with van der Waals surface area (Å²) in [5.74, 6) is 0.0529. The maximum absolute atomic E-state index is 11.4. The zero-order valence-electron chi connectivity index (χ0n) is 10.6. The van der Waals surface area contributed by atoms with Crippen molar-refractivity contribution in [2.75, 3.05) is 24.5 Å². The summed E-state index contributed by atoms with van der Waals surface area (Å²) in [5, 5.41) is 3.43.